The van der Waals surface area contributed by atoms with Gasteiger partial charge in [0, 0.05) is 20.1 Å². The highest BCUT2D eigenvalue weighted by Crippen LogP contribution is 2.25. The van der Waals surface area contributed by atoms with Crippen molar-refractivity contribution in [2.45, 2.75) is 26.2 Å². The lowest BCUT2D eigenvalue weighted by Gasteiger charge is -2.30. The van der Waals surface area contributed by atoms with Gasteiger partial charge >= 0.3 is 0 Å². The molecule has 3 heteroatoms. The predicted octanol–water partition coefficient (Wildman–Crippen LogP) is 1.95. The number of rotatable bonds is 5. The lowest BCUT2D eigenvalue weighted by atomic mass is 9.83. The van der Waals surface area contributed by atoms with Gasteiger partial charge < -0.3 is 10.2 Å². The molecule has 0 bridgehead atoms. The minimum atomic E-state index is -0.476. The Morgan fingerprint density at radius 1 is 1.28 bits per heavy atom. The van der Waals surface area contributed by atoms with E-state index in [1.807, 2.05) is 40.1 Å². The van der Waals surface area contributed by atoms with Crippen LogP contribution in [0, 0.1) is 6.92 Å². The van der Waals surface area contributed by atoms with E-state index in [0.717, 1.165) is 18.7 Å². The van der Waals surface area contributed by atoms with Crippen molar-refractivity contribution in [1.82, 2.24) is 10.2 Å². The van der Waals surface area contributed by atoms with E-state index in [2.05, 4.69) is 24.4 Å². The number of hydrogen-bond donors (Lipinski definition) is 1. The largest absolute Gasteiger partial charge is 0.344 e. The van der Waals surface area contributed by atoms with E-state index >= 15 is 0 Å². The van der Waals surface area contributed by atoms with E-state index in [1.165, 1.54) is 5.56 Å². The highest BCUT2D eigenvalue weighted by Gasteiger charge is 2.31. The normalized spacial score (nSPS) is 11.4. The lowest BCUT2D eigenvalue weighted by Crippen LogP contribution is -2.43. The molecule has 0 saturated carbocycles. The maximum Gasteiger partial charge on any atom is 0.232 e. The third-order valence-corrected chi connectivity index (χ3v) is 3.35. The second-order valence-corrected chi connectivity index (χ2v) is 5.32. The molecule has 0 unspecified atom stereocenters. The molecule has 0 aliphatic heterocycles. The molecule has 3 nitrogen and oxygen atoms in total. The average Bonchev–Trinajstić information content (AvgIpc) is 2.35. The van der Waals surface area contributed by atoms with Crippen LogP contribution in [0.5, 0.6) is 0 Å². The average molecular weight is 248 g/mol. The van der Waals surface area contributed by atoms with Crippen molar-refractivity contribution in [2.75, 3.05) is 27.2 Å². The van der Waals surface area contributed by atoms with Crippen LogP contribution in [0.25, 0.3) is 0 Å². The Morgan fingerprint density at radius 3 is 2.33 bits per heavy atom. The fourth-order valence-electron chi connectivity index (χ4n) is 1.95. The van der Waals surface area contributed by atoms with Gasteiger partial charge in [0.1, 0.15) is 0 Å². The molecule has 100 valence electrons. The number of likely N-dealkylation sites (N-methyl/N-ethyl adjacent to an activating group) is 2. The molecule has 0 spiro atoms. The quantitative estimate of drug-likeness (QED) is 0.864. The summed E-state index contributed by atoms with van der Waals surface area (Å²) in [6.45, 7) is 7.56. The maximum absolute atomic E-state index is 12.5. The van der Waals surface area contributed by atoms with Crippen molar-refractivity contribution in [2.24, 2.45) is 0 Å². The van der Waals surface area contributed by atoms with Gasteiger partial charge in [-0.05, 0) is 33.4 Å². The standard InChI is InChI=1S/C15H24N2O/c1-12-6-8-13(9-7-12)15(2,3)14(18)17(5)11-10-16-4/h6-9,16H,10-11H2,1-5H3. The van der Waals surface area contributed by atoms with Crippen LogP contribution in [0.2, 0.25) is 0 Å². The topological polar surface area (TPSA) is 32.3 Å². The van der Waals surface area contributed by atoms with Gasteiger partial charge in [-0.1, -0.05) is 29.8 Å². The SMILES string of the molecule is CNCCN(C)C(=O)C(C)(C)c1ccc(C)cc1. The number of nitrogens with one attached hydrogen (secondary N) is 1. The summed E-state index contributed by atoms with van der Waals surface area (Å²) in [4.78, 5) is 14.2. The molecule has 0 heterocycles. The smallest absolute Gasteiger partial charge is 0.232 e. The Bertz CT molecular complexity index is 395. The van der Waals surface area contributed by atoms with Gasteiger partial charge in [-0.3, -0.25) is 4.79 Å². The highest BCUT2D eigenvalue weighted by atomic mass is 16.2. The molecule has 0 aliphatic rings. The zero-order valence-electron chi connectivity index (χ0n) is 12.1. The van der Waals surface area contributed by atoms with Gasteiger partial charge in [0.25, 0.3) is 0 Å². The van der Waals surface area contributed by atoms with Gasteiger partial charge in [-0.15, -0.1) is 0 Å². The summed E-state index contributed by atoms with van der Waals surface area (Å²) in [6.07, 6.45) is 0. The molecule has 1 aromatic rings. The van der Waals surface area contributed by atoms with Crippen LogP contribution in [0.3, 0.4) is 0 Å². The summed E-state index contributed by atoms with van der Waals surface area (Å²) >= 11 is 0. The zero-order valence-corrected chi connectivity index (χ0v) is 12.1. The lowest BCUT2D eigenvalue weighted by molar-refractivity contribution is -0.134. The van der Waals surface area contributed by atoms with Crippen LogP contribution in [-0.2, 0) is 10.2 Å². The Balaban J connectivity index is 2.84. The molecule has 0 atom stereocenters. The Kier molecular flexibility index (Phi) is 4.91. The molecule has 1 rings (SSSR count). The summed E-state index contributed by atoms with van der Waals surface area (Å²) in [5.41, 5.74) is 1.80. The maximum atomic E-state index is 12.5. The number of carbonyl (C=O) groups excluding carboxylic acids is 1. The van der Waals surface area contributed by atoms with Gasteiger partial charge in [-0.25, -0.2) is 0 Å². The van der Waals surface area contributed by atoms with Crippen LogP contribution in [0.1, 0.15) is 25.0 Å². The summed E-state index contributed by atoms with van der Waals surface area (Å²) in [7, 11) is 3.75. The van der Waals surface area contributed by atoms with E-state index < -0.39 is 5.41 Å². The van der Waals surface area contributed by atoms with Crippen molar-refractivity contribution in [3.8, 4) is 0 Å². The fourth-order valence-corrected chi connectivity index (χ4v) is 1.95. The molecular weight excluding hydrogens is 224 g/mol. The number of amides is 1. The third-order valence-electron chi connectivity index (χ3n) is 3.35. The minimum absolute atomic E-state index is 0.154. The molecule has 1 N–H and O–H groups in total. The summed E-state index contributed by atoms with van der Waals surface area (Å²) in [5, 5.41) is 3.06. The van der Waals surface area contributed by atoms with Crippen molar-refractivity contribution in [3.63, 3.8) is 0 Å². The van der Waals surface area contributed by atoms with Crippen molar-refractivity contribution >= 4 is 5.91 Å². The number of nitrogens with zero attached hydrogens (tertiary/aromatic N) is 1. The minimum Gasteiger partial charge on any atom is -0.344 e. The molecule has 18 heavy (non-hydrogen) atoms. The molecule has 0 aromatic heterocycles. The Labute approximate surface area is 110 Å². The summed E-state index contributed by atoms with van der Waals surface area (Å²) in [6, 6.07) is 8.19. The van der Waals surface area contributed by atoms with Gasteiger partial charge in [0.05, 0.1) is 5.41 Å². The molecule has 0 fully saturated rings. The molecule has 0 aliphatic carbocycles. The summed E-state index contributed by atoms with van der Waals surface area (Å²) < 4.78 is 0. The Morgan fingerprint density at radius 2 is 1.83 bits per heavy atom. The van der Waals surface area contributed by atoms with E-state index in [4.69, 9.17) is 0 Å². The van der Waals surface area contributed by atoms with E-state index in [9.17, 15) is 4.79 Å². The molecule has 0 saturated heterocycles. The number of benzene rings is 1. The first kappa shape index (κ1) is 14.7. The number of hydrogen-bond acceptors (Lipinski definition) is 2. The van der Waals surface area contributed by atoms with Crippen LogP contribution in [0.4, 0.5) is 0 Å². The van der Waals surface area contributed by atoms with Crippen LogP contribution in [-0.4, -0.2) is 38.0 Å². The van der Waals surface area contributed by atoms with Crippen LogP contribution >= 0.6 is 0 Å². The van der Waals surface area contributed by atoms with E-state index in [1.54, 1.807) is 4.90 Å². The number of aryl methyl sites for hydroxylation is 1. The van der Waals surface area contributed by atoms with Gasteiger partial charge in [-0.2, -0.15) is 0 Å². The van der Waals surface area contributed by atoms with Crippen molar-refractivity contribution in [1.29, 1.82) is 0 Å². The zero-order chi connectivity index (χ0) is 13.8. The molecule has 1 aromatic carbocycles. The third kappa shape index (κ3) is 3.33. The first-order valence-corrected chi connectivity index (χ1v) is 6.37. The van der Waals surface area contributed by atoms with Gasteiger partial charge in [0.2, 0.25) is 5.91 Å². The molecule has 0 radical (unpaired) electrons. The van der Waals surface area contributed by atoms with Gasteiger partial charge in [0.15, 0.2) is 0 Å². The monoisotopic (exact) mass is 248 g/mol. The second-order valence-electron chi connectivity index (χ2n) is 5.32. The van der Waals surface area contributed by atoms with E-state index in [0.29, 0.717) is 0 Å². The van der Waals surface area contributed by atoms with E-state index in [-0.39, 0.29) is 5.91 Å². The molecule has 1 amide bonds. The highest BCUT2D eigenvalue weighted by molar-refractivity contribution is 5.87. The second kappa shape index (κ2) is 6.01. The van der Waals surface area contributed by atoms with Crippen molar-refractivity contribution in [3.05, 3.63) is 35.4 Å². The molecular formula is C15H24N2O. The van der Waals surface area contributed by atoms with Crippen molar-refractivity contribution < 1.29 is 4.79 Å². The fraction of sp³-hybridized carbons (Fsp3) is 0.533. The predicted molar refractivity (Wildman–Crippen MR) is 75.8 cm³/mol. The van der Waals surface area contributed by atoms with Crippen LogP contribution < -0.4 is 5.32 Å². The van der Waals surface area contributed by atoms with Crippen LogP contribution in [0.15, 0.2) is 24.3 Å². The first-order chi connectivity index (χ1) is 8.39. The Hall–Kier alpha value is -1.35. The summed E-state index contributed by atoms with van der Waals surface area (Å²) in [5.74, 6) is 0.154. The first-order valence-electron chi connectivity index (χ1n) is 6.37. The number of carbonyl (C=O) groups is 1.